The lowest BCUT2D eigenvalue weighted by molar-refractivity contribution is -0.137. The highest BCUT2D eigenvalue weighted by Gasteiger charge is 2.16. The van der Waals surface area contributed by atoms with Crippen molar-refractivity contribution in [1.82, 2.24) is 9.80 Å². The number of ether oxygens (including phenoxy) is 1. The lowest BCUT2D eigenvalue weighted by atomic mass is 10.1. The minimum absolute atomic E-state index is 0. The number of carbonyl (C=O) groups is 1. The largest absolute Gasteiger partial charge is 0.497 e. The van der Waals surface area contributed by atoms with Crippen LogP contribution in [0, 0.1) is 0 Å². The smallest absolute Gasteiger partial charge is 0.304 e. The Morgan fingerprint density at radius 2 is 1.64 bits per heavy atom. The summed E-state index contributed by atoms with van der Waals surface area (Å²) in [5.41, 5.74) is 1.32. The van der Waals surface area contributed by atoms with Crippen molar-refractivity contribution < 1.29 is 14.6 Å². The monoisotopic (exact) mass is 328 g/mol. The summed E-state index contributed by atoms with van der Waals surface area (Å²) in [5, 5.41) is 8.70. The van der Waals surface area contributed by atoms with Crippen LogP contribution in [0.5, 0.6) is 5.75 Å². The van der Waals surface area contributed by atoms with Crippen molar-refractivity contribution in [3.05, 3.63) is 29.8 Å². The number of methoxy groups -OCH3 is 1. The summed E-state index contributed by atoms with van der Waals surface area (Å²) >= 11 is 0. The van der Waals surface area contributed by atoms with E-state index in [1.165, 1.54) is 5.56 Å². The fourth-order valence-electron chi connectivity index (χ4n) is 2.57. The van der Waals surface area contributed by atoms with Crippen molar-refractivity contribution in [2.24, 2.45) is 0 Å². The molecule has 1 aromatic rings. The second-order valence-electron chi connectivity index (χ2n) is 5.43. The highest BCUT2D eigenvalue weighted by atomic mass is 35.5. The average Bonchev–Trinajstić information content (AvgIpc) is 2.52. The SMILES string of the molecule is COc1ccc(CCN2CCN(CCC(=O)O)CC2)cc1.Cl. The second kappa shape index (κ2) is 9.66. The molecular formula is C16H25ClN2O3. The summed E-state index contributed by atoms with van der Waals surface area (Å²) in [6.45, 7) is 5.71. The summed E-state index contributed by atoms with van der Waals surface area (Å²) in [4.78, 5) is 15.2. The van der Waals surface area contributed by atoms with E-state index in [0.717, 1.165) is 44.9 Å². The zero-order chi connectivity index (χ0) is 15.1. The van der Waals surface area contributed by atoms with Gasteiger partial charge in [-0.05, 0) is 24.1 Å². The number of hydrogen-bond donors (Lipinski definition) is 1. The average molecular weight is 329 g/mol. The lowest BCUT2D eigenvalue weighted by Gasteiger charge is -2.34. The Morgan fingerprint density at radius 1 is 1.09 bits per heavy atom. The van der Waals surface area contributed by atoms with E-state index in [9.17, 15) is 4.79 Å². The van der Waals surface area contributed by atoms with Crippen LogP contribution in [0.4, 0.5) is 0 Å². The van der Waals surface area contributed by atoms with Gasteiger partial charge in [0.2, 0.25) is 0 Å². The van der Waals surface area contributed by atoms with Crippen LogP contribution >= 0.6 is 12.4 Å². The molecular weight excluding hydrogens is 304 g/mol. The maximum absolute atomic E-state index is 10.6. The number of benzene rings is 1. The first-order valence-electron chi connectivity index (χ1n) is 7.47. The Balaban J connectivity index is 0.00000242. The molecule has 124 valence electrons. The first-order valence-corrected chi connectivity index (χ1v) is 7.47. The highest BCUT2D eigenvalue weighted by Crippen LogP contribution is 2.12. The number of aliphatic carboxylic acids is 1. The standard InChI is InChI=1S/C16H24N2O3.ClH/c1-21-15-4-2-14(3-5-15)6-8-17-10-12-18(13-11-17)9-7-16(19)20;/h2-5H,6-13H2,1H3,(H,19,20);1H. The van der Waals surface area contributed by atoms with Gasteiger partial charge < -0.3 is 19.6 Å². The van der Waals surface area contributed by atoms with Gasteiger partial charge >= 0.3 is 5.97 Å². The molecule has 0 aromatic heterocycles. The third kappa shape index (κ3) is 6.22. The molecule has 22 heavy (non-hydrogen) atoms. The van der Waals surface area contributed by atoms with Gasteiger partial charge in [-0.25, -0.2) is 0 Å². The summed E-state index contributed by atoms with van der Waals surface area (Å²) in [6, 6.07) is 8.22. The number of piperazine rings is 1. The second-order valence-corrected chi connectivity index (χ2v) is 5.43. The van der Waals surface area contributed by atoms with Crippen molar-refractivity contribution in [1.29, 1.82) is 0 Å². The van der Waals surface area contributed by atoms with Crippen LogP contribution in [0.3, 0.4) is 0 Å². The number of hydrogen-bond acceptors (Lipinski definition) is 4. The molecule has 2 rings (SSSR count). The van der Waals surface area contributed by atoms with Crippen molar-refractivity contribution in [3.63, 3.8) is 0 Å². The molecule has 0 atom stereocenters. The van der Waals surface area contributed by atoms with Crippen molar-refractivity contribution >= 4 is 18.4 Å². The number of rotatable bonds is 7. The quantitative estimate of drug-likeness (QED) is 0.826. The van der Waals surface area contributed by atoms with Gasteiger partial charge in [0.05, 0.1) is 13.5 Å². The third-order valence-corrected chi connectivity index (χ3v) is 3.98. The molecule has 1 fully saturated rings. The normalized spacial score (nSPS) is 16.0. The Labute approximate surface area is 138 Å². The molecule has 1 heterocycles. The van der Waals surface area contributed by atoms with Crippen molar-refractivity contribution in [3.8, 4) is 5.75 Å². The van der Waals surface area contributed by atoms with E-state index in [-0.39, 0.29) is 18.8 Å². The predicted molar refractivity (Wildman–Crippen MR) is 89.1 cm³/mol. The maximum atomic E-state index is 10.6. The van der Waals surface area contributed by atoms with Gasteiger partial charge in [-0.15, -0.1) is 12.4 Å². The summed E-state index contributed by atoms with van der Waals surface area (Å²) in [7, 11) is 1.68. The van der Waals surface area contributed by atoms with Gasteiger partial charge in [0.15, 0.2) is 0 Å². The molecule has 1 aliphatic rings. The molecule has 1 aromatic carbocycles. The van der Waals surface area contributed by atoms with Gasteiger partial charge in [0.1, 0.15) is 5.75 Å². The zero-order valence-electron chi connectivity index (χ0n) is 13.0. The molecule has 1 N–H and O–H groups in total. The Bertz CT molecular complexity index is 445. The van der Waals surface area contributed by atoms with Crippen LogP contribution in [0.2, 0.25) is 0 Å². The number of carboxylic acids is 1. The van der Waals surface area contributed by atoms with Crippen molar-refractivity contribution in [2.75, 3.05) is 46.4 Å². The molecule has 0 aliphatic carbocycles. The van der Waals surface area contributed by atoms with Crippen LogP contribution in [0.15, 0.2) is 24.3 Å². The minimum atomic E-state index is -0.711. The summed E-state index contributed by atoms with van der Waals surface area (Å²) < 4.78 is 5.16. The van der Waals surface area contributed by atoms with E-state index in [0.29, 0.717) is 6.54 Å². The molecule has 5 nitrogen and oxygen atoms in total. The third-order valence-electron chi connectivity index (χ3n) is 3.98. The van der Waals surface area contributed by atoms with E-state index in [2.05, 4.69) is 21.9 Å². The van der Waals surface area contributed by atoms with Gasteiger partial charge in [-0.2, -0.15) is 0 Å². The van der Waals surface area contributed by atoms with Gasteiger partial charge in [0.25, 0.3) is 0 Å². The fourth-order valence-corrected chi connectivity index (χ4v) is 2.57. The van der Waals surface area contributed by atoms with E-state index >= 15 is 0 Å². The van der Waals surface area contributed by atoms with E-state index in [1.54, 1.807) is 7.11 Å². The predicted octanol–water partition coefficient (Wildman–Crippen LogP) is 1.75. The molecule has 0 saturated carbocycles. The van der Waals surface area contributed by atoms with Gasteiger partial charge in [-0.1, -0.05) is 12.1 Å². The first-order chi connectivity index (χ1) is 10.2. The molecule has 1 saturated heterocycles. The molecule has 0 spiro atoms. The summed E-state index contributed by atoms with van der Waals surface area (Å²) in [5.74, 6) is 0.183. The molecule has 0 radical (unpaired) electrons. The zero-order valence-corrected chi connectivity index (χ0v) is 13.8. The topological polar surface area (TPSA) is 53.0 Å². The van der Waals surface area contributed by atoms with Crippen LogP contribution in [0.1, 0.15) is 12.0 Å². The number of carboxylic acid groups (broad SMARTS) is 1. The van der Waals surface area contributed by atoms with Crippen molar-refractivity contribution in [2.45, 2.75) is 12.8 Å². The first kappa shape index (κ1) is 18.7. The molecule has 0 unspecified atom stereocenters. The van der Waals surface area contributed by atoms with Crippen LogP contribution in [0.25, 0.3) is 0 Å². The molecule has 0 bridgehead atoms. The fraction of sp³-hybridized carbons (Fsp3) is 0.562. The van der Waals surface area contributed by atoms with E-state index in [4.69, 9.17) is 9.84 Å². The van der Waals surface area contributed by atoms with E-state index < -0.39 is 5.97 Å². The maximum Gasteiger partial charge on any atom is 0.304 e. The summed E-state index contributed by atoms with van der Waals surface area (Å²) in [6.07, 6.45) is 1.28. The Hall–Kier alpha value is -1.30. The van der Waals surface area contributed by atoms with E-state index in [1.807, 2.05) is 12.1 Å². The molecule has 0 amide bonds. The number of nitrogens with zero attached hydrogens (tertiary/aromatic N) is 2. The molecule has 1 aliphatic heterocycles. The highest BCUT2D eigenvalue weighted by molar-refractivity contribution is 5.85. The molecule has 6 heteroatoms. The van der Waals surface area contributed by atoms with Crippen LogP contribution in [-0.2, 0) is 11.2 Å². The van der Waals surface area contributed by atoms with Crippen LogP contribution < -0.4 is 4.74 Å². The van der Waals surface area contributed by atoms with Gasteiger partial charge in [0, 0.05) is 39.3 Å². The van der Waals surface area contributed by atoms with Gasteiger partial charge in [-0.3, -0.25) is 4.79 Å². The minimum Gasteiger partial charge on any atom is -0.497 e. The lowest BCUT2D eigenvalue weighted by Crippen LogP contribution is -2.47. The number of halogens is 1. The Morgan fingerprint density at radius 3 is 2.14 bits per heavy atom. The Kier molecular flexibility index (Phi) is 8.24. The van der Waals surface area contributed by atoms with Crippen LogP contribution in [-0.4, -0.2) is 67.3 Å².